The fourth-order valence-electron chi connectivity index (χ4n) is 3.28. The fourth-order valence-corrected chi connectivity index (χ4v) is 3.28. The number of pyridine rings is 1. The molecule has 0 spiro atoms. The van der Waals surface area contributed by atoms with E-state index in [9.17, 15) is 4.79 Å². The standard InChI is InChI=1S/C20H25N3O2/c1-25-20(24)19(16-7-3-2-4-8-16)22-17-10-13-23(14-11-17)15-18-9-5-6-12-21-18/h2-9,12,17,19,22H,10-11,13-15H2,1H3/t19-/m0/s1. The van der Waals surface area contributed by atoms with Crippen LogP contribution in [0.1, 0.15) is 30.1 Å². The molecule has 0 aliphatic carbocycles. The molecule has 1 aromatic carbocycles. The lowest BCUT2D eigenvalue weighted by molar-refractivity contribution is -0.143. The molecule has 2 aromatic rings. The number of ether oxygens (including phenoxy) is 1. The summed E-state index contributed by atoms with van der Waals surface area (Å²) in [5, 5.41) is 3.49. The Labute approximate surface area is 149 Å². The number of methoxy groups -OCH3 is 1. The van der Waals surface area contributed by atoms with Crippen LogP contribution < -0.4 is 5.32 Å². The first-order valence-electron chi connectivity index (χ1n) is 8.77. The molecule has 2 heterocycles. The van der Waals surface area contributed by atoms with E-state index in [4.69, 9.17) is 4.74 Å². The van der Waals surface area contributed by atoms with Gasteiger partial charge < -0.3 is 4.74 Å². The molecule has 5 nitrogen and oxygen atoms in total. The zero-order chi connectivity index (χ0) is 17.5. The highest BCUT2D eigenvalue weighted by Gasteiger charge is 2.27. The first-order valence-corrected chi connectivity index (χ1v) is 8.77. The van der Waals surface area contributed by atoms with E-state index in [1.54, 1.807) is 0 Å². The molecule has 1 N–H and O–H groups in total. The molecule has 1 saturated heterocycles. The van der Waals surface area contributed by atoms with Gasteiger partial charge in [0.2, 0.25) is 0 Å². The summed E-state index contributed by atoms with van der Waals surface area (Å²) in [5.41, 5.74) is 2.05. The third-order valence-electron chi connectivity index (χ3n) is 4.67. The van der Waals surface area contributed by atoms with Crippen LogP contribution in [0.25, 0.3) is 0 Å². The van der Waals surface area contributed by atoms with Gasteiger partial charge in [-0.05, 0) is 30.5 Å². The molecule has 3 rings (SSSR count). The summed E-state index contributed by atoms with van der Waals surface area (Å²) in [6.45, 7) is 2.88. The average molecular weight is 339 g/mol. The Morgan fingerprint density at radius 3 is 2.56 bits per heavy atom. The molecule has 5 heteroatoms. The van der Waals surface area contributed by atoms with Crippen molar-refractivity contribution in [2.75, 3.05) is 20.2 Å². The van der Waals surface area contributed by atoms with Crippen molar-refractivity contribution >= 4 is 5.97 Å². The van der Waals surface area contributed by atoms with Crippen LogP contribution in [0.15, 0.2) is 54.7 Å². The SMILES string of the molecule is COC(=O)[C@@H](NC1CCN(Cc2ccccn2)CC1)c1ccccc1. The third kappa shape index (κ3) is 4.87. The van der Waals surface area contributed by atoms with Gasteiger partial charge >= 0.3 is 5.97 Å². The van der Waals surface area contributed by atoms with Gasteiger partial charge in [-0.15, -0.1) is 0 Å². The van der Waals surface area contributed by atoms with Gasteiger partial charge in [0.15, 0.2) is 0 Å². The molecule has 0 saturated carbocycles. The molecule has 0 bridgehead atoms. The number of rotatable bonds is 6. The summed E-state index contributed by atoms with van der Waals surface area (Å²) in [4.78, 5) is 19.0. The molecule has 0 unspecified atom stereocenters. The van der Waals surface area contributed by atoms with Crippen molar-refractivity contribution in [3.8, 4) is 0 Å². The summed E-state index contributed by atoms with van der Waals surface area (Å²) in [5.74, 6) is -0.234. The quantitative estimate of drug-likeness (QED) is 0.820. The van der Waals surface area contributed by atoms with Crippen LogP contribution in [-0.2, 0) is 16.1 Å². The number of hydrogen-bond acceptors (Lipinski definition) is 5. The molecular formula is C20H25N3O2. The summed E-state index contributed by atoms with van der Waals surface area (Å²) in [6.07, 6.45) is 3.85. The molecule has 1 aliphatic heterocycles. The summed E-state index contributed by atoms with van der Waals surface area (Å²) >= 11 is 0. The maximum absolute atomic E-state index is 12.2. The Morgan fingerprint density at radius 1 is 1.20 bits per heavy atom. The maximum Gasteiger partial charge on any atom is 0.327 e. The second-order valence-corrected chi connectivity index (χ2v) is 6.41. The number of nitrogens with zero attached hydrogens (tertiary/aromatic N) is 2. The lowest BCUT2D eigenvalue weighted by Crippen LogP contribution is -2.45. The highest BCUT2D eigenvalue weighted by Crippen LogP contribution is 2.19. The number of carbonyl (C=O) groups is 1. The first-order chi connectivity index (χ1) is 12.3. The number of benzene rings is 1. The Kier molecular flexibility index (Phi) is 6.14. The van der Waals surface area contributed by atoms with Crippen molar-refractivity contribution in [3.63, 3.8) is 0 Å². The number of likely N-dealkylation sites (tertiary alicyclic amines) is 1. The summed E-state index contributed by atoms with van der Waals surface area (Å²) < 4.78 is 4.99. The number of piperidine rings is 1. The Hall–Kier alpha value is -2.24. The Morgan fingerprint density at radius 2 is 1.92 bits per heavy atom. The van der Waals surface area contributed by atoms with Crippen LogP contribution in [0.2, 0.25) is 0 Å². The van der Waals surface area contributed by atoms with Crippen molar-refractivity contribution in [2.24, 2.45) is 0 Å². The van der Waals surface area contributed by atoms with Crippen LogP contribution in [0.5, 0.6) is 0 Å². The van der Waals surface area contributed by atoms with Crippen molar-refractivity contribution in [1.82, 2.24) is 15.2 Å². The van der Waals surface area contributed by atoms with Gasteiger partial charge in [-0.1, -0.05) is 36.4 Å². The molecule has 1 atom stereocenters. The van der Waals surface area contributed by atoms with Gasteiger partial charge in [0.25, 0.3) is 0 Å². The zero-order valence-corrected chi connectivity index (χ0v) is 14.6. The highest BCUT2D eigenvalue weighted by molar-refractivity contribution is 5.77. The van der Waals surface area contributed by atoms with E-state index in [1.165, 1.54) is 7.11 Å². The number of carbonyl (C=O) groups excluding carboxylic acids is 1. The molecule has 0 radical (unpaired) electrons. The lowest BCUT2D eigenvalue weighted by atomic mass is 10.0. The first kappa shape index (κ1) is 17.6. The molecule has 1 aliphatic rings. The van der Waals surface area contributed by atoms with E-state index < -0.39 is 6.04 Å². The van der Waals surface area contributed by atoms with Crippen LogP contribution in [0.3, 0.4) is 0 Å². The Bertz CT molecular complexity index is 655. The average Bonchev–Trinajstić information content (AvgIpc) is 2.68. The monoisotopic (exact) mass is 339 g/mol. The zero-order valence-electron chi connectivity index (χ0n) is 14.6. The second-order valence-electron chi connectivity index (χ2n) is 6.41. The normalized spacial score (nSPS) is 17.2. The van der Waals surface area contributed by atoms with Gasteiger partial charge in [0, 0.05) is 31.9 Å². The van der Waals surface area contributed by atoms with Gasteiger partial charge in [-0.3, -0.25) is 15.2 Å². The minimum Gasteiger partial charge on any atom is -0.468 e. The molecule has 1 aromatic heterocycles. The Balaban J connectivity index is 1.55. The third-order valence-corrected chi connectivity index (χ3v) is 4.67. The van der Waals surface area contributed by atoms with Gasteiger partial charge in [-0.25, -0.2) is 4.79 Å². The van der Waals surface area contributed by atoms with E-state index in [2.05, 4.69) is 21.3 Å². The van der Waals surface area contributed by atoms with E-state index in [0.717, 1.165) is 43.7 Å². The van der Waals surface area contributed by atoms with Gasteiger partial charge in [0.1, 0.15) is 6.04 Å². The second kappa shape index (κ2) is 8.74. The summed E-state index contributed by atoms with van der Waals surface area (Å²) in [6, 6.07) is 15.7. The van der Waals surface area contributed by atoms with Crippen molar-refractivity contribution in [2.45, 2.75) is 31.5 Å². The number of hydrogen-bond donors (Lipinski definition) is 1. The molecule has 132 valence electrons. The minimum atomic E-state index is -0.404. The predicted octanol–water partition coefficient (Wildman–Crippen LogP) is 2.55. The largest absolute Gasteiger partial charge is 0.468 e. The topological polar surface area (TPSA) is 54.5 Å². The summed E-state index contributed by atoms with van der Waals surface area (Å²) in [7, 11) is 1.44. The highest BCUT2D eigenvalue weighted by atomic mass is 16.5. The van der Waals surface area contributed by atoms with Crippen LogP contribution in [0, 0.1) is 0 Å². The van der Waals surface area contributed by atoms with Crippen molar-refractivity contribution in [3.05, 3.63) is 66.0 Å². The fraction of sp³-hybridized carbons (Fsp3) is 0.400. The predicted molar refractivity (Wildman–Crippen MR) is 96.9 cm³/mol. The maximum atomic E-state index is 12.2. The van der Waals surface area contributed by atoms with Gasteiger partial charge in [-0.2, -0.15) is 0 Å². The number of esters is 1. The van der Waals surface area contributed by atoms with Crippen LogP contribution in [-0.4, -0.2) is 42.1 Å². The van der Waals surface area contributed by atoms with Crippen molar-refractivity contribution in [1.29, 1.82) is 0 Å². The van der Waals surface area contributed by atoms with Crippen LogP contribution in [0.4, 0.5) is 0 Å². The lowest BCUT2D eigenvalue weighted by Gasteiger charge is -2.34. The molecule has 1 fully saturated rings. The van der Waals surface area contributed by atoms with Crippen LogP contribution >= 0.6 is 0 Å². The van der Waals surface area contributed by atoms with E-state index in [0.29, 0.717) is 6.04 Å². The van der Waals surface area contributed by atoms with Crippen molar-refractivity contribution < 1.29 is 9.53 Å². The smallest absolute Gasteiger partial charge is 0.327 e. The molecular weight excluding hydrogens is 314 g/mol. The number of nitrogens with one attached hydrogen (secondary N) is 1. The minimum absolute atomic E-state index is 0.234. The van der Waals surface area contributed by atoms with E-state index >= 15 is 0 Å². The van der Waals surface area contributed by atoms with E-state index in [-0.39, 0.29) is 5.97 Å². The molecule has 0 amide bonds. The van der Waals surface area contributed by atoms with Gasteiger partial charge in [0.05, 0.1) is 12.8 Å². The number of aromatic nitrogens is 1. The van der Waals surface area contributed by atoms with E-state index in [1.807, 2.05) is 48.7 Å². The molecule has 25 heavy (non-hydrogen) atoms.